The Labute approximate surface area is 170 Å². The van der Waals surface area contributed by atoms with E-state index in [1.165, 1.54) is 28.7 Å². The first-order valence-electron chi connectivity index (χ1n) is 8.76. The van der Waals surface area contributed by atoms with Gasteiger partial charge in [0.15, 0.2) is 5.16 Å². The summed E-state index contributed by atoms with van der Waals surface area (Å²) in [6, 6.07) is 15.9. The summed E-state index contributed by atoms with van der Waals surface area (Å²) in [5.41, 5.74) is 5.89. The van der Waals surface area contributed by atoms with E-state index in [1.807, 2.05) is 23.6 Å². The van der Waals surface area contributed by atoms with Crippen LogP contribution in [0.1, 0.15) is 22.3 Å². The van der Waals surface area contributed by atoms with Crippen molar-refractivity contribution in [3.63, 3.8) is 0 Å². The molecule has 0 unspecified atom stereocenters. The predicted molar refractivity (Wildman–Crippen MR) is 116 cm³/mol. The lowest BCUT2D eigenvalue weighted by atomic mass is 9.99. The summed E-state index contributed by atoms with van der Waals surface area (Å²) in [5, 5.41) is 12.3. The van der Waals surface area contributed by atoms with Crippen molar-refractivity contribution < 1.29 is 0 Å². The van der Waals surface area contributed by atoms with Crippen LogP contribution < -0.4 is 5.56 Å². The summed E-state index contributed by atoms with van der Waals surface area (Å²) in [7, 11) is 0. The van der Waals surface area contributed by atoms with Gasteiger partial charge in [-0.05, 0) is 42.7 Å². The summed E-state index contributed by atoms with van der Waals surface area (Å²) in [6.07, 6.45) is 0. The monoisotopic (exact) mass is 403 g/mol. The number of nitriles is 1. The number of hydrogen-bond donors (Lipinski definition) is 1. The van der Waals surface area contributed by atoms with Gasteiger partial charge in [0.2, 0.25) is 0 Å². The van der Waals surface area contributed by atoms with E-state index in [2.05, 4.69) is 48.1 Å². The van der Waals surface area contributed by atoms with E-state index in [0.29, 0.717) is 21.9 Å². The molecule has 0 saturated carbocycles. The highest BCUT2D eigenvalue weighted by molar-refractivity contribution is 7.98. The number of H-pyrrole nitrogens is 1. The molecule has 0 fully saturated rings. The van der Waals surface area contributed by atoms with Crippen molar-refractivity contribution in [3.05, 3.63) is 80.5 Å². The number of nitrogens with one attached hydrogen (secondary N) is 1. The molecule has 0 aliphatic rings. The van der Waals surface area contributed by atoms with Gasteiger partial charge in [-0.2, -0.15) is 5.26 Å². The molecule has 138 valence electrons. The van der Waals surface area contributed by atoms with Crippen LogP contribution in [-0.2, 0) is 5.75 Å². The molecule has 28 heavy (non-hydrogen) atoms. The largest absolute Gasteiger partial charge is 0.301 e. The van der Waals surface area contributed by atoms with Gasteiger partial charge in [-0.3, -0.25) is 4.79 Å². The number of thioether (sulfide) groups is 1. The third kappa shape index (κ3) is 3.59. The highest BCUT2D eigenvalue weighted by atomic mass is 32.2. The first-order valence-corrected chi connectivity index (χ1v) is 10.6. The van der Waals surface area contributed by atoms with Crippen LogP contribution in [0.4, 0.5) is 0 Å². The zero-order chi connectivity index (χ0) is 19.7. The lowest BCUT2D eigenvalue weighted by molar-refractivity contribution is 0.980. The van der Waals surface area contributed by atoms with Crippen LogP contribution in [0.2, 0.25) is 0 Å². The summed E-state index contributed by atoms with van der Waals surface area (Å²) < 4.78 is 0. The second kappa shape index (κ2) is 7.63. The minimum Gasteiger partial charge on any atom is -0.301 e. The Morgan fingerprint density at radius 1 is 1.18 bits per heavy atom. The van der Waals surface area contributed by atoms with Crippen molar-refractivity contribution in [2.24, 2.45) is 0 Å². The van der Waals surface area contributed by atoms with Gasteiger partial charge < -0.3 is 4.98 Å². The first-order chi connectivity index (χ1) is 13.5. The molecule has 0 spiro atoms. The number of aromatic amines is 1. The summed E-state index contributed by atoms with van der Waals surface area (Å²) >= 11 is 2.95. The quantitative estimate of drug-likeness (QED) is 0.364. The molecule has 2 aromatic carbocycles. The van der Waals surface area contributed by atoms with Gasteiger partial charge in [0.25, 0.3) is 5.56 Å². The number of aryl methyl sites for hydroxylation is 2. The molecule has 0 aliphatic heterocycles. The van der Waals surface area contributed by atoms with Gasteiger partial charge in [0, 0.05) is 16.7 Å². The summed E-state index contributed by atoms with van der Waals surface area (Å²) in [5.74, 6) is 0.638. The maximum absolute atomic E-state index is 12.8. The van der Waals surface area contributed by atoms with Crippen molar-refractivity contribution >= 4 is 33.3 Å². The molecule has 0 bridgehead atoms. The standard InChI is InChI=1S/C22H17N3OS2/c1-13-6-7-17(14(2)8-13)18-12-27-21-19(18)20(26)24-22(25-21)28-11-16-5-3-4-15(9-16)10-23/h3-9,12H,11H2,1-2H3,(H,24,25,26). The van der Waals surface area contributed by atoms with Gasteiger partial charge in [0.1, 0.15) is 4.83 Å². The van der Waals surface area contributed by atoms with E-state index in [0.717, 1.165) is 27.1 Å². The minimum absolute atomic E-state index is 0.116. The number of thiophene rings is 1. The van der Waals surface area contributed by atoms with Crippen molar-refractivity contribution in [3.8, 4) is 17.2 Å². The third-order valence-electron chi connectivity index (χ3n) is 4.53. The Morgan fingerprint density at radius 2 is 2.04 bits per heavy atom. The number of rotatable bonds is 4. The maximum atomic E-state index is 12.8. The Hall–Kier alpha value is -2.88. The zero-order valence-electron chi connectivity index (χ0n) is 15.4. The maximum Gasteiger partial charge on any atom is 0.260 e. The lowest BCUT2D eigenvalue weighted by Gasteiger charge is -2.06. The molecule has 4 aromatic rings. The zero-order valence-corrected chi connectivity index (χ0v) is 17.1. The SMILES string of the molecule is Cc1ccc(-c2csc3nc(SCc4cccc(C#N)c4)[nH]c(=O)c23)c(C)c1. The molecule has 4 rings (SSSR count). The molecular formula is C22H17N3OS2. The van der Waals surface area contributed by atoms with Crippen molar-refractivity contribution in [2.45, 2.75) is 24.8 Å². The fraction of sp³-hybridized carbons (Fsp3) is 0.136. The summed E-state index contributed by atoms with van der Waals surface area (Å²) in [4.78, 5) is 21.1. The first kappa shape index (κ1) is 18.5. The van der Waals surface area contributed by atoms with Gasteiger partial charge >= 0.3 is 0 Å². The second-order valence-electron chi connectivity index (χ2n) is 6.62. The number of aromatic nitrogens is 2. The van der Waals surface area contributed by atoms with Crippen LogP contribution in [0.3, 0.4) is 0 Å². The molecule has 0 saturated heterocycles. The Bertz CT molecular complexity index is 1280. The van der Waals surface area contributed by atoms with E-state index in [-0.39, 0.29) is 5.56 Å². The van der Waals surface area contributed by atoms with E-state index in [4.69, 9.17) is 5.26 Å². The van der Waals surface area contributed by atoms with Gasteiger partial charge in [-0.15, -0.1) is 11.3 Å². The number of fused-ring (bicyclic) bond motifs is 1. The molecule has 4 nitrogen and oxygen atoms in total. The second-order valence-corrected chi connectivity index (χ2v) is 8.44. The Kier molecular flexibility index (Phi) is 5.03. The molecule has 6 heteroatoms. The van der Waals surface area contributed by atoms with Crippen molar-refractivity contribution in [2.75, 3.05) is 0 Å². The molecular weight excluding hydrogens is 386 g/mol. The van der Waals surface area contributed by atoms with Crippen LogP contribution in [0.25, 0.3) is 21.3 Å². The van der Waals surface area contributed by atoms with Crippen LogP contribution >= 0.6 is 23.1 Å². The minimum atomic E-state index is -0.116. The fourth-order valence-electron chi connectivity index (χ4n) is 3.19. The smallest absolute Gasteiger partial charge is 0.260 e. The normalized spacial score (nSPS) is 10.9. The molecule has 0 radical (unpaired) electrons. The number of hydrogen-bond acceptors (Lipinski definition) is 5. The Morgan fingerprint density at radius 3 is 2.82 bits per heavy atom. The average molecular weight is 404 g/mol. The van der Waals surface area contributed by atoms with Gasteiger partial charge in [-0.25, -0.2) is 4.98 Å². The number of benzene rings is 2. The fourth-order valence-corrected chi connectivity index (χ4v) is 4.99. The molecule has 0 atom stereocenters. The van der Waals surface area contributed by atoms with Crippen LogP contribution in [0, 0.1) is 25.2 Å². The van der Waals surface area contributed by atoms with Crippen LogP contribution in [0.15, 0.2) is 57.8 Å². The third-order valence-corrected chi connectivity index (χ3v) is 6.34. The van der Waals surface area contributed by atoms with Crippen LogP contribution in [0.5, 0.6) is 0 Å². The van der Waals surface area contributed by atoms with Crippen molar-refractivity contribution in [1.82, 2.24) is 9.97 Å². The lowest BCUT2D eigenvalue weighted by Crippen LogP contribution is -2.08. The highest BCUT2D eigenvalue weighted by Gasteiger charge is 2.14. The predicted octanol–water partition coefficient (Wildman–Crippen LogP) is 5.43. The van der Waals surface area contributed by atoms with E-state index in [1.54, 1.807) is 6.07 Å². The Balaban J connectivity index is 1.66. The van der Waals surface area contributed by atoms with E-state index < -0.39 is 0 Å². The topological polar surface area (TPSA) is 69.5 Å². The van der Waals surface area contributed by atoms with Crippen molar-refractivity contribution in [1.29, 1.82) is 5.26 Å². The molecule has 0 aliphatic carbocycles. The number of nitrogens with zero attached hydrogens (tertiary/aromatic N) is 2. The molecule has 1 N–H and O–H groups in total. The molecule has 2 aromatic heterocycles. The molecule has 2 heterocycles. The average Bonchev–Trinajstić information content (AvgIpc) is 3.11. The summed E-state index contributed by atoms with van der Waals surface area (Å²) in [6.45, 7) is 4.12. The van der Waals surface area contributed by atoms with Gasteiger partial charge in [0.05, 0.1) is 17.0 Å². The van der Waals surface area contributed by atoms with E-state index >= 15 is 0 Å². The van der Waals surface area contributed by atoms with Crippen LogP contribution in [-0.4, -0.2) is 9.97 Å². The molecule has 0 amide bonds. The van der Waals surface area contributed by atoms with E-state index in [9.17, 15) is 4.79 Å². The highest BCUT2D eigenvalue weighted by Crippen LogP contribution is 2.34. The van der Waals surface area contributed by atoms with Gasteiger partial charge in [-0.1, -0.05) is 47.7 Å².